The van der Waals surface area contributed by atoms with Crippen LogP contribution in [0.1, 0.15) is 24.8 Å². The third-order valence-corrected chi connectivity index (χ3v) is 6.13. The molecule has 4 amide bonds. The van der Waals surface area contributed by atoms with Crippen LogP contribution in [0.5, 0.6) is 0 Å². The lowest BCUT2D eigenvalue weighted by Gasteiger charge is -2.19. The topological polar surface area (TPSA) is 78.5 Å². The van der Waals surface area contributed by atoms with Gasteiger partial charge in [-0.1, -0.05) is 42.0 Å². The molecule has 3 aliphatic rings. The standard InChI is InChI=1S/C20H22ClN3O3/c21-16-4-2-1-3-14(16)11-24-19(26)17(23-20(24)27)9-18(25)22-10-15-8-12-5-6-13(15)7-12/h1-6,12-13,15,17H,7-11H2,(H,22,25)(H,23,27)/t12?,13?,15?,17-/m0/s1. The van der Waals surface area contributed by atoms with Gasteiger partial charge in [-0.15, -0.1) is 0 Å². The van der Waals surface area contributed by atoms with Gasteiger partial charge in [-0.3, -0.25) is 14.5 Å². The largest absolute Gasteiger partial charge is 0.356 e. The van der Waals surface area contributed by atoms with Crippen molar-refractivity contribution in [1.82, 2.24) is 15.5 Å². The third kappa shape index (κ3) is 3.72. The van der Waals surface area contributed by atoms with Crippen molar-refractivity contribution in [2.45, 2.75) is 31.8 Å². The summed E-state index contributed by atoms with van der Waals surface area (Å²) in [6, 6.07) is 5.76. The van der Waals surface area contributed by atoms with E-state index in [4.69, 9.17) is 11.6 Å². The molecular weight excluding hydrogens is 366 g/mol. The number of hydrogen-bond acceptors (Lipinski definition) is 3. The van der Waals surface area contributed by atoms with Gasteiger partial charge in [0.2, 0.25) is 5.91 Å². The number of imide groups is 1. The van der Waals surface area contributed by atoms with Gasteiger partial charge in [0.1, 0.15) is 6.04 Å². The highest BCUT2D eigenvalue weighted by molar-refractivity contribution is 6.31. The summed E-state index contributed by atoms with van der Waals surface area (Å²) in [6.45, 7) is 0.725. The first kappa shape index (κ1) is 18.0. The Morgan fingerprint density at radius 3 is 2.74 bits per heavy atom. The van der Waals surface area contributed by atoms with Crippen LogP contribution in [0.2, 0.25) is 5.02 Å². The normalized spacial score (nSPS) is 28.7. The minimum Gasteiger partial charge on any atom is -0.356 e. The van der Waals surface area contributed by atoms with Crippen LogP contribution in [0, 0.1) is 17.8 Å². The van der Waals surface area contributed by atoms with Crippen LogP contribution in [0.3, 0.4) is 0 Å². The summed E-state index contributed by atoms with van der Waals surface area (Å²) in [6.07, 6.45) is 6.78. The number of rotatable bonds is 6. The Labute approximate surface area is 162 Å². The van der Waals surface area contributed by atoms with Crippen LogP contribution in [0.4, 0.5) is 4.79 Å². The van der Waals surface area contributed by atoms with Crippen molar-refractivity contribution >= 4 is 29.4 Å². The molecule has 1 aliphatic heterocycles. The van der Waals surface area contributed by atoms with E-state index in [0.717, 1.165) is 11.3 Å². The molecule has 0 radical (unpaired) electrons. The molecule has 4 rings (SSSR count). The molecule has 4 atom stereocenters. The van der Waals surface area contributed by atoms with Gasteiger partial charge >= 0.3 is 6.03 Å². The van der Waals surface area contributed by atoms with E-state index in [1.165, 1.54) is 6.42 Å². The number of urea groups is 1. The van der Waals surface area contributed by atoms with E-state index in [1.807, 2.05) is 0 Å². The van der Waals surface area contributed by atoms with Gasteiger partial charge in [-0.05, 0) is 42.2 Å². The summed E-state index contributed by atoms with van der Waals surface area (Å²) >= 11 is 6.11. The van der Waals surface area contributed by atoms with Gasteiger partial charge in [-0.2, -0.15) is 0 Å². The first-order valence-corrected chi connectivity index (χ1v) is 9.69. The maximum absolute atomic E-state index is 12.5. The molecule has 2 bridgehead atoms. The highest BCUT2D eigenvalue weighted by Gasteiger charge is 2.40. The summed E-state index contributed by atoms with van der Waals surface area (Å²) in [7, 11) is 0. The maximum Gasteiger partial charge on any atom is 0.325 e. The Hall–Kier alpha value is -2.34. The molecule has 142 valence electrons. The third-order valence-electron chi connectivity index (χ3n) is 5.76. The predicted molar refractivity (Wildman–Crippen MR) is 101 cm³/mol. The fourth-order valence-electron chi connectivity index (χ4n) is 4.29. The van der Waals surface area contributed by atoms with Gasteiger partial charge in [0.05, 0.1) is 13.0 Å². The minimum absolute atomic E-state index is 0.0414. The van der Waals surface area contributed by atoms with Crippen LogP contribution in [-0.2, 0) is 16.1 Å². The average molecular weight is 388 g/mol. The smallest absolute Gasteiger partial charge is 0.325 e. The SMILES string of the molecule is O=C(C[C@@H]1NC(=O)N(Cc2ccccc2Cl)C1=O)NCC1CC2C=CC1C2. The van der Waals surface area contributed by atoms with Crippen molar-refractivity contribution < 1.29 is 14.4 Å². The lowest BCUT2D eigenvalue weighted by molar-refractivity contribution is -0.131. The molecular formula is C20H22ClN3O3. The van der Waals surface area contributed by atoms with Gasteiger partial charge < -0.3 is 10.6 Å². The zero-order valence-corrected chi connectivity index (χ0v) is 15.6. The zero-order valence-electron chi connectivity index (χ0n) is 14.9. The fraction of sp³-hybridized carbons (Fsp3) is 0.450. The lowest BCUT2D eigenvalue weighted by atomic mass is 9.93. The molecule has 27 heavy (non-hydrogen) atoms. The Kier molecular flexibility index (Phi) is 4.91. The Bertz CT molecular complexity index is 809. The van der Waals surface area contributed by atoms with Gasteiger partial charge in [0.15, 0.2) is 0 Å². The Balaban J connectivity index is 1.30. The number of nitrogens with zero attached hydrogens (tertiary/aromatic N) is 1. The molecule has 0 aromatic heterocycles. The number of nitrogens with one attached hydrogen (secondary N) is 2. The number of halogens is 1. The average Bonchev–Trinajstić information content (AvgIpc) is 3.33. The number of benzene rings is 1. The van der Waals surface area contributed by atoms with Crippen molar-refractivity contribution in [1.29, 1.82) is 0 Å². The van der Waals surface area contributed by atoms with Crippen LogP contribution in [-0.4, -0.2) is 35.3 Å². The van der Waals surface area contributed by atoms with Crippen molar-refractivity contribution in [3.63, 3.8) is 0 Å². The molecule has 1 heterocycles. The number of fused-ring (bicyclic) bond motifs is 2. The van der Waals surface area contributed by atoms with Gasteiger partial charge in [0, 0.05) is 11.6 Å². The zero-order chi connectivity index (χ0) is 19.0. The second-order valence-corrected chi connectivity index (χ2v) is 7.97. The van der Waals surface area contributed by atoms with Crippen LogP contribution >= 0.6 is 11.6 Å². The monoisotopic (exact) mass is 387 g/mol. The maximum atomic E-state index is 12.5. The number of amides is 4. The fourth-order valence-corrected chi connectivity index (χ4v) is 4.49. The van der Waals surface area contributed by atoms with Crippen molar-refractivity contribution in [2.75, 3.05) is 6.54 Å². The summed E-state index contributed by atoms with van der Waals surface area (Å²) in [5, 5.41) is 6.03. The highest BCUT2D eigenvalue weighted by Crippen LogP contribution is 2.42. The van der Waals surface area contributed by atoms with Gasteiger partial charge in [-0.25, -0.2) is 4.79 Å². The Morgan fingerprint density at radius 2 is 2.04 bits per heavy atom. The highest BCUT2D eigenvalue weighted by atomic mass is 35.5. The van der Waals surface area contributed by atoms with Gasteiger partial charge in [0.25, 0.3) is 5.91 Å². The summed E-state index contributed by atoms with van der Waals surface area (Å²) in [5.41, 5.74) is 0.692. The van der Waals surface area contributed by atoms with E-state index in [9.17, 15) is 14.4 Å². The van der Waals surface area contributed by atoms with E-state index in [1.54, 1.807) is 24.3 Å². The number of carbonyl (C=O) groups is 3. The molecule has 2 fully saturated rings. The van der Waals surface area contributed by atoms with E-state index >= 15 is 0 Å². The van der Waals surface area contributed by atoms with E-state index in [0.29, 0.717) is 34.9 Å². The van der Waals surface area contributed by atoms with E-state index in [-0.39, 0.29) is 18.9 Å². The molecule has 1 aromatic carbocycles. The molecule has 6 nitrogen and oxygen atoms in total. The molecule has 0 spiro atoms. The van der Waals surface area contributed by atoms with Crippen LogP contribution < -0.4 is 10.6 Å². The molecule has 1 saturated heterocycles. The first-order chi connectivity index (χ1) is 13.0. The second-order valence-electron chi connectivity index (χ2n) is 7.57. The molecule has 3 unspecified atom stereocenters. The predicted octanol–water partition coefficient (Wildman–Crippen LogP) is 2.48. The van der Waals surface area contributed by atoms with Crippen LogP contribution in [0.25, 0.3) is 0 Å². The summed E-state index contributed by atoms with van der Waals surface area (Å²) in [4.78, 5) is 38.1. The van der Waals surface area contributed by atoms with Crippen LogP contribution in [0.15, 0.2) is 36.4 Å². The number of hydrogen-bond donors (Lipinski definition) is 2. The van der Waals surface area contributed by atoms with Crippen molar-refractivity contribution in [2.24, 2.45) is 17.8 Å². The number of carbonyl (C=O) groups excluding carboxylic acids is 3. The molecule has 2 aliphatic carbocycles. The molecule has 1 saturated carbocycles. The second kappa shape index (κ2) is 7.35. The Morgan fingerprint density at radius 1 is 1.22 bits per heavy atom. The van der Waals surface area contributed by atoms with E-state index in [2.05, 4.69) is 22.8 Å². The summed E-state index contributed by atoms with van der Waals surface area (Å²) in [5.74, 6) is 1.10. The molecule has 7 heteroatoms. The molecule has 2 N–H and O–H groups in total. The minimum atomic E-state index is -0.820. The molecule has 1 aromatic rings. The van der Waals surface area contributed by atoms with E-state index < -0.39 is 18.0 Å². The van der Waals surface area contributed by atoms with Crippen molar-refractivity contribution in [3.8, 4) is 0 Å². The number of allylic oxidation sites excluding steroid dienone is 2. The quantitative estimate of drug-likeness (QED) is 0.581. The summed E-state index contributed by atoms with van der Waals surface area (Å²) < 4.78 is 0. The van der Waals surface area contributed by atoms with Crippen molar-refractivity contribution in [3.05, 3.63) is 47.0 Å². The lowest BCUT2D eigenvalue weighted by Crippen LogP contribution is -2.38. The first-order valence-electron chi connectivity index (χ1n) is 9.31.